The molecule has 2 aromatic carbocycles. The van der Waals surface area contributed by atoms with Gasteiger partial charge in [0.25, 0.3) is 0 Å². The molecule has 3 heteroatoms. The van der Waals surface area contributed by atoms with E-state index in [0.717, 1.165) is 24.0 Å². The number of halogens is 1. The van der Waals surface area contributed by atoms with Gasteiger partial charge < -0.3 is 4.90 Å². The van der Waals surface area contributed by atoms with Crippen molar-refractivity contribution in [2.75, 3.05) is 7.05 Å². The highest BCUT2D eigenvalue weighted by atomic mass is 35.5. The minimum Gasteiger partial charge on any atom is -0.341 e. The number of hydrogen-bond donors (Lipinski definition) is 0. The molecular weight excluding hydrogens is 282 g/mol. The Balaban J connectivity index is 1.78. The average Bonchev–Trinajstić information content (AvgIpc) is 3.31. The van der Waals surface area contributed by atoms with E-state index in [1.807, 2.05) is 61.6 Å². The molecule has 0 aliphatic heterocycles. The van der Waals surface area contributed by atoms with Crippen LogP contribution in [0.15, 0.2) is 54.6 Å². The molecule has 3 rings (SSSR count). The van der Waals surface area contributed by atoms with Crippen molar-refractivity contribution in [1.82, 2.24) is 4.90 Å². The van der Waals surface area contributed by atoms with Crippen molar-refractivity contribution in [2.24, 2.45) is 0 Å². The second-order valence-electron chi connectivity index (χ2n) is 5.70. The van der Waals surface area contributed by atoms with Crippen molar-refractivity contribution in [1.29, 1.82) is 0 Å². The zero-order chi connectivity index (χ0) is 14.9. The molecule has 108 valence electrons. The van der Waals surface area contributed by atoms with Gasteiger partial charge in [-0.3, -0.25) is 4.79 Å². The number of amides is 1. The van der Waals surface area contributed by atoms with Crippen LogP contribution in [0.5, 0.6) is 0 Å². The molecule has 0 heterocycles. The molecule has 1 amide bonds. The van der Waals surface area contributed by atoms with Crippen LogP contribution in [0.2, 0.25) is 5.02 Å². The van der Waals surface area contributed by atoms with Gasteiger partial charge in [0, 0.05) is 18.6 Å². The first kappa shape index (κ1) is 14.2. The highest BCUT2D eigenvalue weighted by Crippen LogP contribution is 2.49. The van der Waals surface area contributed by atoms with E-state index >= 15 is 0 Å². The molecule has 1 fully saturated rings. The summed E-state index contributed by atoms with van der Waals surface area (Å²) in [5.41, 5.74) is 1.80. The van der Waals surface area contributed by atoms with Crippen LogP contribution in [0.3, 0.4) is 0 Å². The molecule has 0 unspecified atom stereocenters. The smallest absolute Gasteiger partial charge is 0.233 e. The molecule has 0 atom stereocenters. The summed E-state index contributed by atoms with van der Waals surface area (Å²) in [5, 5.41) is 0.710. The van der Waals surface area contributed by atoms with Crippen LogP contribution in [0.1, 0.15) is 24.0 Å². The predicted molar refractivity (Wildman–Crippen MR) is 85.3 cm³/mol. The van der Waals surface area contributed by atoms with E-state index in [9.17, 15) is 4.79 Å². The first-order valence-electron chi connectivity index (χ1n) is 7.18. The Morgan fingerprint density at radius 1 is 1.10 bits per heavy atom. The van der Waals surface area contributed by atoms with Gasteiger partial charge in [0.15, 0.2) is 0 Å². The quantitative estimate of drug-likeness (QED) is 0.834. The number of carbonyl (C=O) groups excluding carboxylic acids is 1. The van der Waals surface area contributed by atoms with Crippen molar-refractivity contribution in [3.8, 4) is 0 Å². The lowest BCUT2D eigenvalue weighted by molar-refractivity contribution is -0.133. The highest BCUT2D eigenvalue weighted by Gasteiger charge is 2.52. The van der Waals surface area contributed by atoms with Crippen LogP contribution in [-0.2, 0) is 16.8 Å². The molecule has 21 heavy (non-hydrogen) atoms. The van der Waals surface area contributed by atoms with Gasteiger partial charge in [-0.25, -0.2) is 0 Å². The third-order valence-corrected chi connectivity index (χ3v) is 4.57. The van der Waals surface area contributed by atoms with E-state index in [1.165, 1.54) is 0 Å². The minimum absolute atomic E-state index is 0.189. The van der Waals surface area contributed by atoms with Gasteiger partial charge in [0.05, 0.1) is 5.41 Å². The first-order valence-corrected chi connectivity index (χ1v) is 7.56. The number of rotatable bonds is 4. The van der Waals surface area contributed by atoms with E-state index in [-0.39, 0.29) is 11.3 Å². The zero-order valence-electron chi connectivity index (χ0n) is 12.1. The van der Waals surface area contributed by atoms with Crippen molar-refractivity contribution in [2.45, 2.75) is 24.8 Å². The standard InChI is InChI=1S/C18H18ClNO/c1-20(13-14-7-5-6-10-16(14)19)17(21)18(11-12-18)15-8-3-2-4-9-15/h2-10H,11-13H2,1H3. The summed E-state index contributed by atoms with van der Waals surface area (Å²) in [6.07, 6.45) is 1.87. The SMILES string of the molecule is CN(Cc1ccccc1Cl)C(=O)C1(c2ccccc2)CC1. The van der Waals surface area contributed by atoms with Gasteiger partial charge in [0.1, 0.15) is 0 Å². The summed E-state index contributed by atoms with van der Waals surface area (Å²) in [5.74, 6) is 0.189. The van der Waals surface area contributed by atoms with E-state index < -0.39 is 0 Å². The normalized spacial score (nSPS) is 15.5. The molecule has 0 bridgehead atoms. The molecule has 1 aliphatic rings. The Kier molecular flexibility index (Phi) is 3.73. The maximum atomic E-state index is 12.8. The van der Waals surface area contributed by atoms with Crippen LogP contribution < -0.4 is 0 Å². The maximum absolute atomic E-state index is 12.8. The molecule has 0 aromatic heterocycles. The fourth-order valence-electron chi connectivity index (χ4n) is 2.83. The van der Waals surface area contributed by atoms with Crippen molar-refractivity contribution >= 4 is 17.5 Å². The fraction of sp³-hybridized carbons (Fsp3) is 0.278. The Morgan fingerprint density at radius 2 is 1.71 bits per heavy atom. The van der Waals surface area contributed by atoms with Gasteiger partial charge in [-0.1, -0.05) is 60.1 Å². The topological polar surface area (TPSA) is 20.3 Å². The van der Waals surface area contributed by atoms with Crippen molar-refractivity contribution in [3.63, 3.8) is 0 Å². The third-order valence-electron chi connectivity index (χ3n) is 4.20. The lowest BCUT2D eigenvalue weighted by atomic mass is 9.94. The largest absolute Gasteiger partial charge is 0.341 e. The van der Waals surface area contributed by atoms with Crippen molar-refractivity contribution in [3.05, 3.63) is 70.7 Å². The summed E-state index contributed by atoms with van der Waals surface area (Å²) in [6, 6.07) is 17.8. The predicted octanol–water partition coefficient (Wildman–Crippen LogP) is 4.03. The average molecular weight is 300 g/mol. The molecule has 0 N–H and O–H groups in total. The lowest BCUT2D eigenvalue weighted by Crippen LogP contribution is -2.36. The van der Waals surface area contributed by atoms with Gasteiger partial charge in [-0.15, -0.1) is 0 Å². The molecule has 0 saturated heterocycles. The lowest BCUT2D eigenvalue weighted by Gasteiger charge is -2.24. The van der Waals surface area contributed by atoms with E-state index in [1.54, 1.807) is 4.90 Å². The van der Waals surface area contributed by atoms with E-state index in [0.29, 0.717) is 11.6 Å². The van der Waals surface area contributed by atoms with Crippen LogP contribution in [0, 0.1) is 0 Å². The van der Waals surface area contributed by atoms with Crippen LogP contribution >= 0.6 is 11.6 Å². The third kappa shape index (κ3) is 2.68. The highest BCUT2D eigenvalue weighted by molar-refractivity contribution is 6.31. The molecule has 1 saturated carbocycles. The minimum atomic E-state index is -0.308. The van der Waals surface area contributed by atoms with Crippen LogP contribution in [0.25, 0.3) is 0 Å². The Hall–Kier alpha value is -1.80. The second-order valence-corrected chi connectivity index (χ2v) is 6.11. The molecular formula is C18H18ClNO. The number of hydrogen-bond acceptors (Lipinski definition) is 1. The summed E-state index contributed by atoms with van der Waals surface area (Å²) in [6.45, 7) is 0.549. The van der Waals surface area contributed by atoms with Crippen LogP contribution in [0.4, 0.5) is 0 Å². The number of nitrogens with zero attached hydrogens (tertiary/aromatic N) is 1. The molecule has 2 aromatic rings. The number of benzene rings is 2. The zero-order valence-corrected chi connectivity index (χ0v) is 12.8. The fourth-order valence-corrected chi connectivity index (χ4v) is 3.02. The molecule has 0 spiro atoms. The summed E-state index contributed by atoms with van der Waals surface area (Å²) in [7, 11) is 1.86. The van der Waals surface area contributed by atoms with Crippen LogP contribution in [-0.4, -0.2) is 17.9 Å². The van der Waals surface area contributed by atoms with Gasteiger partial charge in [-0.05, 0) is 30.0 Å². The van der Waals surface area contributed by atoms with E-state index in [2.05, 4.69) is 0 Å². The number of likely N-dealkylation sites (N-methyl/N-ethyl adjacent to an activating group) is 1. The molecule has 2 nitrogen and oxygen atoms in total. The molecule has 0 radical (unpaired) electrons. The Morgan fingerprint density at radius 3 is 2.33 bits per heavy atom. The number of carbonyl (C=O) groups is 1. The van der Waals surface area contributed by atoms with Gasteiger partial charge in [-0.2, -0.15) is 0 Å². The maximum Gasteiger partial charge on any atom is 0.233 e. The first-order chi connectivity index (χ1) is 10.1. The summed E-state index contributed by atoms with van der Waals surface area (Å²) in [4.78, 5) is 14.6. The van der Waals surface area contributed by atoms with E-state index in [4.69, 9.17) is 11.6 Å². The Bertz CT molecular complexity index is 649. The van der Waals surface area contributed by atoms with Gasteiger partial charge in [0.2, 0.25) is 5.91 Å². The monoisotopic (exact) mass is 299 g/mol. The summed E-state index contributed by atoms with van der Waals surface area (Å²) >= 11 is 6.18. The molecule has 1 aliphatic carbocycles. The van der Waals surface area contributed by atoms with Gasteiger partial charge >= 0.3 is 0 Å². The Labute approximate surface area is 130 Å². The second kappa shape index (κ2) is 5.53. The summed E-state index contributed by atoms with van der Waals surface area (Å²) < 4.78 is 0. The van der Waals surface area contributed by atoms with Crippen molar-refractivity contribution < 1.29 is 4.79 Å².